The molecule has 2 aliphatic rings. The topological polar surface area (TPSA) is 68.3 Å². The van der Waals surface area contributed by atoms with Crippen molar-refractivity contribution < 1.29 is 4.79 Å². The summed E-state index contributed by atoms with van der Waals surface area (Å²) in [5, 5.41) is 8.90. The molecule has 2 atom stereocenters. The number of rotatable bonds is 3. The number of nitrogens with zero attached hydrogens (tertiary/aromatic N) is 6. The van der Waals surface area contributed by atoms with Crippen LogP contribution in [0.25, 0.3) is 5.65 Å². The van der Waals surface area contributed by atoms with Crippen molar-refractivity contribution in [1.82, 2.24) is 29.3 Å². The molecule has 1 amide bonds. The van der Waals surface area contributed by atoms with E-state index in [1.165, 1.54) is 5.69 Å². The highest BCUT2D eigenvalue weighted by Crippen LogP contribution is 2.43. The molecule has 0 aromatic carbocycles. The van der Waals surface area contributed by atoms with Crippen LogP contribution in [0.4, 0.5) is 0 Å². The van der Waals surface area contributed by atoms with Crippen molar-refractivity contribution in [2.45, 2.75) is 58.2 Å². The third kappa shape index (κ3) is 2.26. The van der Waals surface area contributed by atoms with Crippen LogP contribution in [0, 0.1) is 13.8 Å². The Morgan fingerprint density at radius 1 is 1.31 bits per heavy atom. The summed E-state index contributed by atoms with van der Waals surface area (Å²) < 4.78 is 3.88. The van der Waals surface area contributed by atoms with Gasteiger partial charge in [-0.3, -0.25) is 9.48 Å². The zero-order chi connectivity index (χ0) is 17.8. The molecule has 134 valence electrons. The molecule has 5 heterocycles. The summed E-state index contributed by atoms with van der Waals surface area (Å²) in [5.74, 6) is 0.217. The molecule has 0 spiro atoms. The average Bonchev–Trinajstić information content (AvgIpc) is 3.29. The number of carbonyl (C=O) groups is 1. The highest BCUT2D eigenvalue weighted by Gasteiger charge is 2.43. The maximum Gasteiger partial charge on any atom is 0.225 e. The van der Waals surface area contributed by atoms with Gasteiger partial charge in [-0.1, -0.05) is 0 Å². The number of hydrogen-bond acceptors (Lipinski definition) is 4. The average molecular weight is 350 g/mol. The number of carbonyl (C=O) groups excluding carboxylic acids is 1. The van der Waals surface area contributed by atoms with E-state index in [2.05, 4.69) is 20.1 Å². The van der Waals surface area contributed by atoms with Gasteiger partial charge in [0.15, 0.2) is 5.65 Å². The van der Waals surface area contributed by atoms with Gasteiger partial charge < -0.3 is 4.90 Å². The third-order valence-electron chi connectivity index (χ3n) is 5.78. The summed E-state index contributed by atoms with van der Waals surface area (Å²) in [4.78, 5) is 19.7. The molecule has 1 saturated heterocycles. The van der Waals surface area contributed by atoms with Gasteiger partial charge in [0.05, 0.1) is 17.4 Å². The predicted octanol–water partition coefficient (Wildman–Crippen LogP) is 2.22. The second-order valence-corrected chi connectivity index (χ2v) is 7.41. The molecule has 7 nitrogen and oxygen atoms in total. The lowest BCUT2D eigenvalue weighted by Gasteiger charge is -2.36. The van der Waals surface area contributed by atoms with Crippen LogP contribution in [0.15, 0.2) is 24.5 Å². The molecule has 3 aromatic heterocycles. The van der Waals surface area contributed by atoms with Crippen molar-refractivity contribution in [3.8, 4) is 0 Å². The smallest absolute Gasteiger partial charge is 0.225 e. The van der Waals surface area contributed by atoms with Crippen LogP contribution < -0.4 is 0 Å². The number of amides is 1. The van der Waals surface area contributed by atoms with Crippen LogP contribution in [0.5, 0.6) is 0 Å². The fraction of sp³-hybridized carbons (Fsp3) is 0.474. The van der Waals surface area contributed by atoms with E-state index in [0.29, 0.717) is 13.0 Å². The fourth-order valence-corrected chi connectivity index (χ4v) is 4.54. The molecular weight excluding hydrogens is 328 g/mol. The van der Waals surface area contributed by atoms with Gasteiger partial charge in [0.25, 0.3) is 0 Å². The third-order valence-corrected chi connectivity index (χ3v) is 5.78. The van der Waals surface area contributed by atoms with E-state index < -0.39 is 0 Å². The van der Waals surface area contributed by atoms with Gasteiger partial charge >= 0.3 is 0 Å². The molecule has 2 aliphatic heterocycles. The van der Waals surface area contributed by atoms with Gasteiger partial charge in [0, 0.05) is 55.1 Å². The maximum absolute atomic E-state index is 13.0. The van der Waals surface area contributed by atoms with E-state index in [0.717, 1.165) is 41.9 Å². The number of aromatic nitrogens is 5. The minimum Gasteiger partial charge on any atom is -0.332 e. The Labute approximate surface area is 151 Å². The van der Waals surface area contributed by atoms with Crippen LogP contribution in [-0.2, 0) is 17.8 Å². The van der Waals surface area contributed by atoms with Crippen molar-refractivity contribution in [2.24, 2.45) is 0 Å². The van der Waals surface area contributed by atoms with Crippen LogP contribution in [-0.4, -0.2) is 41.2 Å². The van der Waals surface area contributed by atoms with Gasteiger partial charge in [-0.25, -0.2) is 9.50 Å². The fourth-order valence-electron chi connectivity index (χ4n) is 4.54. The first-order chi connectivity index (χ1) is 12.6. The van der Waals surface area contributed by atoms with E-state index >= 15 is 0 Å². The molecule has 5 rings (SSSR count). The lowest BCUT2D eigenvalue weighted by Crippen LogP contribution is -2.43. The molecule has 3 aromatic rings. The van der Waals surface area contributed by atoms with E-state index in [9.17, 15) is 4.79 Å². The summed E-state index contributed by atoms with van der Waals surface area (Å²) >= 11 is 0. The Bertz CT molecular complexity index is 1000. The van der Waals surface area contributed by atoms with E-state index in [-0.39, 0.29) is 18.0 Å². The Morgan fingerprint density at radius 2 is 2.19 bits per heavy atom. The van der Waals surface area contributed by atoms with Crippen LogP contribution in [0.2, 0.25) is 0 Å². The number of hydrogen-bond donors (Lipinski definition) is 0. The second-order valence-electron chi connectivity index (χ2n) is 7.41. The summed E-state index contributed by atoms with van der Waals surface area (Å²) in [6, 6.07) is 4.38. The number of fused-ring (bicyclic) bond motifs is 6. The van der Waals surface area contributed by atoms with E-state index in [4.69, 9.17) is 0 Å². The van der Waals surface area contributed by atoms with Crippen molar-refractivity contribution in [2.75, 3.05) is 0 Å². The molecule has 26 heavy (non-hydrogen) atoms. The van der Waals surface area contributed by atoms with Gasteiger partial charge in [-0.05, 0) is 32.8 Å². The molecule has 7 heteroatoms. The van der Waals surface area contributed by atoms with Gasteiger partial charge in [0.2, 0.25) is 5.91 Å². The first kappa shape index (κ1) is 15.5. The highest BCUT2D eigenvalue weighted by atomic mass is 16.2. The lowest BCUT2D eigenvalue weighted by atomic mass is 9.98. The van der Waals surface area contributed by atoms with Crippen molar-refractivity contribution in [1.29, 1.82) is 0 Å². The first-order valence-electron chi connectivity index (χ1n) is 9.25. The van der Waals surface area contributed by atoms with E-state index in [1.807, 2.05) is 41.4 Å². The van der Waals surface area contributed by atoms with Gasteiger partial charge in [-0.2, -0.15) is 10.2 Å². The first-order valence-corrected chi connectivity index (χ1v) is 9.25. The zero-order valence-electron chi connectivity index (χ0n) is 15.1. The maximum atomic E-state index is 13.0. The Kier molecular flexibility index (Phi) is 3.38. The molecule has 0 saturated carbocycles. The van der Waals surface area contributed by atoms with Crippen molar-refractivity contribution in [3.63, 3.8) is 0 Å². The standard InChI is InChI=1S/C19H22N6O/c1-12-9-18-20-11-15-16-4-3-14(10-17(15)25(18)22-12)24(16)19(26)6-8-23-13(2)5-7-21-23/h5,7,9,11,14,16H,3-4,6,8,10H2,1-2H3. The quantitative estimate of drug-likeness (QED) is 0.726. The minimum atomic E-state index is 0.136. The Hall–Kier alpha value is -2.70. The molecule has 2 unspecified atom stereocenters. The summed E-state index contributed by atoms with van der Waals surface area (Å²) in [5.41, 5.74) is 5.35. The van der Waals surface area contributed by atoms with Crippen molar-refractivity contribution >= 4 is 11.6 Å². The summed E-state index contributed by atoms with van der Waals surface area (Å²) in [7, 11) is 0. The minimum absolute atomic E-state index is 0.136. The SMILES string of the molecule is Cc1cc2ncc3c(n2n1)CC1CCC3N1C(=O)CCn1nccc1C. The number of aryl methyl sites for hydroxylation is 3. The second kappa shape index (κ2) is 5.65. The molecule has 0 N–H and O–H groups in total. The van der Waals surface area contributed by atoms with Gasteiger partial charge in [-0.15, -0.1) is 0 Å². The van der Waals surface area contributed by atoms with Crippen LogP contribution in [0.1, 0.15) is 47.9 Å². The van der Waals surface area contributed by atoms with Crippen LogP contribution in [0.3, 0.4) is 0 Å². The lowest BCUT2D eigenvalue weighted by molar-refractivity contribution is -0.135. The molecule has 2 bridgehead atoms. The largest absolute Gasteiger partial charge is 0.332 e. The molecule has 0 radical (unpaired) electrons. The zero-order valence-corrected chi connectivity index (χ0v) is 15.1. The van der Waals surface area contributed by atoms with Crippen LogP contribution >= 0.6 is 0 Å². The summed E-state index contributed by atoms with van der Waals surface area (Å²) in [6.07, 6.45) is 7.14. The van der Waals surface area contributed by atoms with Gasteiger partial charge in [0.1, 0.15) is 0 Å². The highest BCUT2D eigenvalue weighted by molar-refractivity contribution is 5.78. The normalized spacial score (nSPS) is 21.4. The molecule has 0 aliphatic carbocycles. The summed E-state index contributed by atoms with van der Waals surface area (Å²) in [6.45, 7) is 4.64. The Balaban J connectivity index is 1.43. The Morgan fingerprint density at radius 3 is 3.00 bits per heavy atom. The van der Waals surface area contributed by atoms with E-state index in [1.54, 1.807) is 6.20 Å². The molecular formula is C19H22N6O. The predicted molar refractivity (Wildman–Crippen MR) is 95.6 cm³/mol. The van der Waals surface area contributed by atoms with Crippen molar-refractivity contribution in [3.05, 3.63) is 47.2 Å². The molecule has 1 fully saturated rings. The monoisotopic (exact) mass is 350 g/mol.